The van der Waals surface area contributed by atoms with E-state index in [2.05, 4.69) is 0 Å². The predicted octanol–water partition coefficient (Wildman–Crippen LogP) is 1.45. The first-order valence-electron chi connectivity index (χ1n) is 8.77. The van der Waals surface area contributed by atoms with Gasteiger partial charge in [-0.2, -0.15) is 0 Å². The van der Waals surface area contributed by atoms with Gasteiger partial charge >= 0.3 is 17.8 Å². The maximum Gasteiger partial charge on any atom is 0.359 e. The molecular weight excluding hydrogens is 312 g/mol. The number of rotatable bonds is 11. The van der Waals surface area contributed by atoms with Crippen molar-refractivity contribution in [1.82, 2.24) is 0 Å². The van der Waals surface area contributed by atoms with Crippen molar-refractivity contribution in [2.24, 2.45) is 17.6 Å². The second-order valence-corrected chi connectivity index (χ2v) is 7.30. The van der Waals surface area contributed by atoms with Gasteiger partial charge in [0, 0.05) is 18.8 Å². The third-order valence-electron chi connectivity index (χ3n) is 4.85. The summed E-state index contributed by atoms with van der Waals surface area (Å²) in [5, 5.41) is 18.4. The number of nitrogens with two attached hydrogens (primary N) is 1. The Morgan fingerprint density at radius 2 is 1.88 bits per heavy atom. The molecule has 3 atom stereocenters. The van der Waals surface area contributed by atoms with Gasteiger partial charge in [-0.15, -0.1) is 0 Å². The van der Waals surface area contributed by atoms with E-state index in [1.165, 1.54) is 0 Å². The molecule has 0 aromatic carbocycles. The maximum absolute atomic E-state index is 13.1. The summed E-state index contributed by atoms with van der Waals surface area (Å²) in [5.41, 5.74) is 5.51. The van der Waals surface area contributed by atoms with Gasteiger partial charge in [-0.05, 0) is 19.4 Å². The molecule has 0 radical (unpaired) electrons. The summed E-state index contributed by atoms with van der Waals surface area (Å²) < 4.78 is -0.104. The summed E-state index contributed by atoms with van der Waals surface area (Å²) in [5.74, 6) is -1.98. The van der Waals surface area contributed by atoms with Crippen LogP contribution in [-0.2, 0) is 14.4 Å². The molecule has 1 heterocycles. The average Bonchev–Trinajstić information content (AvgIpc) is 2.69. The monoisotopic (exact) mass is 343 g/mol. The highest BCUT2D eigenvalue weighted by Crippen LogP contribution is 2.38. The number of hydrogen-bond acceptors (Lipinski definition) is 4. The highest BCUT2D eigenvalue weighted by molar-refractivity contribution is 5.78. The number of carboxylic acid groups (broad SMARTS) is 2. The average molecular weight is 343 g/mol. The normalized spacial score (nSPS) is 26.9. The SMILES string of the molecule is CC(C)C[N+]1(CC(=O)O)C(=O)[C@H](CCCCN)C[C@H]1CCC(=O)O. The van der Waals surface area contributed by atoms with Crippen LogP contribution in [0.15, 0.2) is 0 Å². The van der Waals surface area contributed by atoms with E-state index in [-0.39, 0.29) is 41.2 Å². The first-order chi connectivity index (χ1) is 11.2. The van der Waals surface area contributed by atoms with Crippen LogP contribution in [0, 0.1) is 11.8 Å². The number of carbonyl (C=O) groups is 3. The Bertz CT molecular complexity index is 466. The summed E-state index contributed by atoms with van der Waals surface area (Å²) in [7, 11) is 0. The Labute approximate surface area is 143 Å². The van der Waals surface area contributed by atoms with Gasteiger partial charge in [0.25, 0.3) is 0 Å². The number of carboxylic acids is 2. The predicted molar refractivity (Wildman–Crippen MR) is 89.1 cm³/mol. The maximum atomic E-state index is 13.1. The summed E-state index contributed by atoms with van der Waals surface area (Å²) in [6.07, 6.45) is 3.27. The van der Waals surface area contributed by atoms with Gasteiger partial charge in [-0.3, -0.25) is 4.79 Å². The number of carbonyl (C=O) groups excluding carboxylic acids is 1. The van der Waals surface area contributed by atoms with Crippen molar-refractivity contribution in [2.75, 3.05) is 19.6 Å². The molecular formula is C17H31N2O5+. The first-order valence-corrected chi connectivity index (χ1v) is 8.77. The number of amides is 1. The van der Waals surface area contributed by atoms with Crippen LogP contribution in [0.3, 0.4) is 0 Å². The van der Waals surface area contributed by atoms with Crippen LogP contribution < -0.4 is 5.73 Å². The lowest BCUT2D eigenvalue weighted by atomic mass is 9.96. The van der Waals surface area contributed by atoms with Crippen LogP contribution in [-0.4, -0.2) is 58.2 Å². The fourth-order valence-corrected chi connectivity index (χ4v) is 4.01. The molecule has 1 amide bonds. The van der Waals surface area contributed by atoms with E-state index < -0.39 is 11.9 Å². The highest BCUT2D eigenvalue weighted by Gasteiger charge is 2.55. The molecule has 1 unspecified atom stereocenters. The third kappa shape index (κ3) is 5.27. The number of nitrogens with zero attached hydrogens (tertiary/aromatic N) is 1. The molecule has 0 aromatic heterocycles. The van der Waals surface area contributed by atoms with Crippen molar-refractivity contribution in [3.63, 3.8) is 0 Å². The zero-order valence-corrected chi connectivity index (χ0v) is 14.7. The van der Waals surface area contributed by atoms with E-state index in [4.69, 9.17) is 10.8 Å². The molecule has 1 aliphatic heterocycles. The Balaban J connectivity index is 3.05. The van der Waals surface area contributed by atoms with Crippen molar-refractivity contribution >= 4 is 17.8 Å². The fraction of sp³-hybridized carbons (Fsp3) is 0.824. The number of unbranched alkanes of at least 4 members (excludes halogenated alkanes) is 1. The van der Waals surface area contributed by atoms with E-state index in [0.29, 0.717) is 32.4 Å². The second-order valence-electron chi connectivity index (χ2n) is 7.30. The molecule has 0 aliphatic carbocycles. The molecule has 24 heavy (non-hydrogen) atoms. The molecule has 0 bridgehead atoms. The Kier molecular flexibility index (Phi) is 7.83. The summed E-state index contributed by atoms with van der Waals surface area (Å²) in [6, 6.07) is -0.227. The van der Waals surface area contributed by atoms with Crippen molar-refractivity contribution in [1.29, 1.82) is 0 Å². The van der Waals surface area contributed by atoms with E-state index >= 15 is 0 Å². The second kappa shape index (κ2) is 9.13. The quantitative estimate of drug-likeness (QED) is 0.386. The van der Waals surface area contributed by atoms with Gasteiger partial charge in [-0.1, -0.05) is 20.3 Å². The molecule has 1 fully saturated rings. The van der Waals surface area contributed by atoms with Gasteiger partial charge in [0.1, 0.15) is 0 Å². The smallest absolute Gasteiger partial charge is 0.359 e. The summed E-state index contributed by atoms with van der Waals surface area (Å²) in [4.78, 5) is 35.5. The standard InChI is InChI=1S/C17H30N2O5/c1-12(2)10-19(11-16(22)23)14(6-7-15(20)21)9-13(17(19)24)5-3-4-8-18/h12-14H,3-11,18H2,1-2H3,(H-,20,21,22,23)/p+1/t13-,14-,19?/m1/s1. The first kappa shape index (κ1) is 20.6. The molecule has 1 saturated heterocycles. The zero-order chi connectivity index (χ0) is 18.3. The minimum Gasteiger partial charge on any atom is -0.481 e. The van der Waals surface area contributed by atoms with Crippen molar-refractivity contribution in [2.45, 2.75) is 58.4 Å². The van der Waals surface area contributed by atoms with E-state index in [9.17, 15) is 19.5 Å². The molecule has 7 heteroatoms. The minimum atomic E-state index is -1.01. The van der Waals surface area contributed by atoms with Gasteiger partial charge < -0.3 is 15.9 Å². The van der Waals surface area contributed by atoms with Crippen LogP contribution in [0.25, 0.3) is 0 Å². The Morgan fingerprint density at radius 1 is 1.21 bits per heavy atom. The molecule has 0 saturated carbocycles. The van der Waals surface area contributed by atoms with Gasteiger partial charge in [0.15, 0.2) is 6.54 Å². The zero-order valence-electron chi connectivity index (χ0n) is 14.7. The van der Waals surface area contributed by atoms with Crippen LogP contribution in [0.4, 0.5) is 0 Å². The van der Waals surface area contributed by atoms with Gasteiger partial charge in [-0.25, -0.2) is 14.1 Å². The van der Waals surface area contributed by atoms with Crippen LogP contribution >= 0.6 is 0 Å². The largest absolute Gasteiger partial charge is 0.481 e. The molecule has 0 spiro atoms. The number of likely N-dealkylation sites (tertiary alicyclic amines) is 1. The summed E-state index contributed by atoms with van der Waals surface area (Å²) >= 11 is 0. The molecule has 138 valence electrons. The third-order valence-corrected chi connectivity index (χ3v) is 4.85. The van der Waals surface area contributed by atoms with Crippen LogP contribution in [0.1, 0.15) is 52.4 Å². The van der Waals surface area contributed by atoms with E-state index in [1.54, 1.807) is 0 Å². The molecule has 1 aliphatic rings. The van der Waals surface area contributed by atoms with Crippen LogP contribution in [0.5, 0.6) is 0 Å². The minimum absolute atomic E-state index is 0.0292. The number of hydrogen-bond donors (Lipinski definition) is 3. The Hall–Kier alpha value is -1.47. The number of quaternary nitrogens is 1. The summed E-state index contributed by atoms with van der Waals surface area (Å²) in [6.45, 7) is 4.69. The fourth-order valence-electron chi connectivity index (χ4n) is 4.01. The van der Waals surface area contributed by atoms with E-state index in [1.807, 2.05) is 13.8 Å². The topological polar surface area (TPSA) is 118 Å². The molecule has 1 rings (SSSR count). The lowest BCUT2D eigenvalue weighted by Crippen LogP contribution is -2.59. The van der Waals surface area contributed by atoms with Crippen molar-refractivity contribution < 1.29 is 29.1 Å². The van der Waals surface area contributed by atoms with Crippen molar-refractivity contribution in [3.8, 4) is 0 Å². The Morgan fingerprint density at radius 3 is 2.38 bits per heavy atom. The van der Waals surface area contributed by atoms with E-state index in [0.717, 1.165) is 12.8 Å². The van der Waals surface area contributed by atoms with Crippen LogP contribution in [0.2, 0.25) is 0 Å². The lowest BCUT2D eigenvalue weighted by molar-refractivity contribution is -0.868. The molecule has 4 N–H and O–H groups in total. The number of aliphatic carboxylic acids is 2. The molecule has 0 aromatic rings. The van der Waals surface area contributed by atoms with Gasteiger partial charge in [0.05, 0.1) is 24.9 Å². The molecule has 7 nitrogen and oxygen atoms in total. The highest BCUT2D eigenvalue weighted by atomic mass is 16.4. The lowest BCUT2D eigenvalue weighted by Gasteiger charge is -2.37. The van der Waals surface area contributed by atoms with Crippen molar-refractivity contribution in [3.05, 3.63) is 0 Å². The van der Waals surface area contributed by atoms with Gasteiger partial charge in [0.2, 0.25) is 0 Å².